The number of rotatable bonds is 9. The van der Waals surface area contributed by atoms with Crippen LogP contribution in [0.5, 0.6) is 0 Å². The molecule has 0 spiro atoms. The lowest BCUT2D eigenvalue weighted by Gasteiger charge is -2.19. The van der Waals surface area contributed by atoms with E-state index in [0.717, 1.165) is 23.7 Å². The molecule has 0 saturated heterocycles. The molecule has 2 heterocycles. The van der Waals surface area contributed by atoms with Crippen LogP contribution in [0, 0.1) is 11.7 Å². The zero-order valence-corrected chi connectivity index (χ0v) is 19.8. The minimum absolute atomic E-state index is 0.198. The fourth-order valence-corrected chi connectivity index (χ4v) is 4.19. The minimum atomic E-state index is -4.62. The van der Waals surface area contributed by atoms with Crippen LogP contribution in [0.1, 0.15) is 53.9 Å². The Labute approximate surface area is 206 Å². The highest BCUT2D eigenvalue weighted by atomic mass is 19.4. The summed E-state index contributed by atoms with van der Waals surface area (Å²) in [6.45, 7) is 2.83. The van der Waals surface area contributed by atoms with Crippen molar-refractivity contribution in [3.63, 3.8) is 0 Å². The molecule has 0 radical (unpaired) electrons. The van der Waals surface area contributed by atoms with Gasteiger partial charge < -0.3 is 4.74 Å². The molecular formula is C27H26F4N4O. The van der Waals surface area contributed by atoms with Gasteiger partial charge in [-0.3, -0.25) is 4.68 Å². The van der Waals surface area contributed by atoms with Crippen LogP contribution >= 0.6 is 0 Å². The second kappa shape index (κ2) is 9.89. The van der Waals surface area contributed by atoms with Crippen molar-refractivity contribution >= 4 is 0 Å². The van der Waals surface area contributed by atoms with Gasteiger partial charge in [-0.15, -0.1) is 0 Å². The highest BCUT2D eigenvalue weighted by Crippen LogP contribution is 2.33. The van der Waals surface area contributed by atoms with Gasteiger partial charge in [0.05, 0.1) is 24.6 Å². The Morgan fingerprint density at radius 2 is 1.83 bits per heavy atom. The van der Waals surface area contributed by atoms with E-state index in [1.807, 2.05) is 41.2 Å². The Balaban J connectivity index is 1.47. The summed E-state index contributed by atoms with van der Waals surface area (Å²) in [4.78, 5) is 0. The SMILES string of the molecule is C[C@@H](OCc1ccccc1)c1cc(F)ccc1-n1nc(C(F)(F)F)cc1Cc1cnn(CC2CC2)c1. The van der Waals surface area contributed by atoms with E-state index in [1.165, 1.54) is 35.7 Å². The fraction of sp³-hybridized carbons (Fsp3) is 0.333. The molecule has 2 aromatic carbocycles. The van der Waals surface area contributed by atoms with Gasteiger partial charge in [0.15, 0.2) is 5.69 Å². The molecule has 36 heavy (non-hydrogen) atoms. The van der Waals surface area contributed by atoms with Crippen LogP contribution in [0.15, 0.2) is 67.0 Å². The summed E-state index contributed by atoms with van der Waals surface area (Å²) in [6, 6.07) is 14.5. The van der Waals surface area contributed by atoms with Gasteiger partial charge in [-0.1, -0.05) is 30.3 Å². The number of ether oxygens (including phenoxy) is 1. The van der Waals surface area contributed by atoms with E-state index in [4.69, 9.17) is 4.74 Å². The number of hydrogen-bond acceptors (Lipinski definition) is 3. The molecule has 2 aromatic heterocycles. The largest absolute Gasteiger partial charge is 0.435 e. The first kappa shape index (κ1) is 24.2. The minimum Gasteiger partial charge on any atom is -0.369 e. The van der Waals surface area contributed by atoms with Crippen molar-refractivity contribution in [2.75, 3.05) is 0 Å². The van der Waals surface area contributed by atoms with Gasteiger partial charge in [0.25, 0.3) is 0 Å². The Kier molecular flexibility index (Phi) is 6.66. The second-order valence-electron chi connectivity index (χ2n) is 9.26. The summed E-state index contributed by atoms with van der Waals surface area (Å²) in [7, 11) is 0. The molecule has 1 fully saturated rings. The van der Waals surface area contributed by atoms with E-state index in [1.54, 1.807) is 13.1 Å². The lowest BCUT2D eigenvalue weighted by Crippen LogP contribution is -2.12. The van der Waals surface area contributed by atoms with Crippen LogP contribution in [-0.2, 0) is 30.5 Å². The van der Waals surface area contributed by atoms with Crippen molar-refractivity contribution in [2.24, 2.45) is 5.92 Å². The van der Waals surface area contributed by atoms with Crippen LogP contribution in [0.3, 0.4) is 0 Å². The summed E-state index contributed by atoms with van der Waals surface area (Å²) in [5, 5.41) is 8.25. The molecule has 0 amide bonds. The van der Waals surface area contributed by atoms with E-state index in [2.05, 4.69) is 10.2 Å². The molecule has 1 aliphatic rings. The van der Waals surface area contributed by atoms with Crippen molar-refractivity contribution < 1.29 is 22.3 Å². The zero-order valence-electron chi connectivity index (χ0n) is 19.8. The van der Waals surface area contributed by atoms with Gasteiger partial charge in [-0.25, -0.2) is 9.07 Å². The van der Waals surface area contributed by atoms with Crippen LogP contribution in [0.25, 0.3) is 5.69 Å². The summed E-state index contributed by atoms with van der Waals surface area (Å²) in [5.74, 6) is 0.120. The predicted molar refractivity (Wildman–Crippen MR) is 126 cm³/mol. The van der Waals surface area contributed by atoms with Gasteiger partial charge in [-0.2, -0.15) is 23.4 Å². The molecule has 1 atom stereocenters. The second-order valence-corrected chi connectivity index (χ2v) is 9.26. The normalized spacial score (nSPS) is 14.8. The van der Waals surface area contributed by atoms with Gasteiger partial charge in [0, 0.05) is 30.4 Å². The molecular weight excluding hydrogens is 472 g/mol. The molecule has 0 N–H and O–H groups in total. The summed E-state index contributed by atoms with van der Waals surface area (Å²) in [5.41, 5.74) is 1.79. The third kappa shape index (κ3) is 5.67. The topological polar surface area (TPSA) is 44.9 Å². The van der Waals surface area contributed by atoms with Crippen LogP contribution in [0.4, 0.5) is 17.6 Å². The average molecular weight is 499 g/mol. The first-order chi connectivity index (χ1) is 17.3. The fourth-order valence-electron chi connectivity index (χ4n) is 4.19. The highest BCUT2D eigenvalue weighted by Gasteiger charge is 2.35. The van der Waals surface area contributed by atoms with Crippen molar-refractivity contribution in [3.05, 3.63) is 101 Å². The molecule has 5 rings (SSSR count). The van der Waals surface area contributed by atoms with Gasteiger partial charge in [0.1, 0.15) is 5.82 Å². The average Bonchev–Trinajstić information content (AvgIpc) is 3.38. The molecule has 1 aliphatic carbocycles. The highest BCUT2D eigenvalue weighted by molar-refractivity contribution is 5.44. The third-order valence-corrected chi connectivity index (χ3v) is 6.29. The van der Waals surface area contributed by atoms with Gasteiger partial charge in [-0.05, 0) is 61.1 Å². The Hall–Kier alpha value is -3.46. The summed E-state index contributed by atoms with van der Waals surface area (Å²) >= 11 is 0. The first-order valence-corrected chi connectivity index (χ1v) is 11.9. The number of aromatic nitrogens is 4. The Morgan fingerprint density at radius 3 is 2.56 bits per heavy atom. The standard InChI is InChI=1S/C27H26F4N4O/c1-18(36-17-20-5-3-2-4-6-20)24-12-22(28)9-10-25(24)35-23(13-26(33-35)27(29,30)31)11-21-14-32-34(16-21)15-19-7-8-19/h2-6,9-10,12-14,16,18-19H,7-8,11,15,17H2,1H3/t18-/m1/s1. The molecule has 188 valence electrons. The maximum Gasteiger partial charge on any atom is 0.435 e. The van der Waals surface area contributed by atoms with Gasteiger partial charge >= 0.3 is 6.18 Å². The Bertz CT molecular complexity index is 1330. The van der Waals surface area contributed by atoms with E-state index < -0.39 is 23.8 Å². The molecule has 0 bridgehead atoms. The maximum absolute atomic E-state index is 14.3. The zero-order chi connectivity index (χ0) is 25.3. The molecule has 9 heteroatoms. The molecule has 1 saturated carbocycles. The van der Waals surface area contributed by atoms with Crippen LogP contribution in [-0.4, -0.2) is 19.6 Å². The van der Waals surface area contributed by atoms with Crippen molar-refractivity contribution in [3.8, 4) is 5.69 Å². The smallest absolute Gasteiger partial charge is 0.369 e. The van der Waals surface area contributed by atoms with E-state index >= 15 is 0 Å². The summed E-state index contributed by atoms with van der Waals surface area (Å²) in [6.07, 6.45) is 0.868. The number of hydrogen-bond donors (Lipinski definition) is 0. The summed E-state index contributed by atoms with van der Waals surface area (Å²) < 4.78 is 64.2. The van der Waals surface area contributed by atoms with Crippen LogP contribution < -0.4 is 0 Å². The number of nitrogens with zero attached hydrogens (tertiary/aromatic N) is 4. The number of halogens is 4. The molecule has 0 aliphatic heterocycles. The first-order valence-electron chi connectivity index (χ1n) is 11.9. The molecule has 5 nitrogen and oxygen atoms in total. The van der Waals surface area contributed by atoms with E-state index in [9.17, 15) is 17.6 Å². The third-order valence-electron chi connectivity index (χ3n) is 6.29. The van der Waals surface area contributed by atoms with Crippen molar-refractivity contribution in [1.82, 2.24) is 19.6 Å². The monoisotopic (exact) mass is 498 g/mol. The lowest BCUT2D eigenvalue weighted by atomic mass is 10.1. The molecule has 4 aromatic rings. The quantitative estimate of drug-likeness (QED) is 0.247. The lowest BCUT2D eigenvalue weighted by molar-refractivity contribution is -0.141. The van der Waals surface area contributed by atoms with Crippen molar-refractivity contribution in [1.29, 1.82) is 0 Å². The predicted octanol–water partition coefficient (Wildman–Crippen LogP) is 6.51. The number of alkyl halides is 3. The van der Waals surface area contributed by atoms with E-state index in [-0.39, 0.29) is 13.0 Å². The number of benzene rings is 2. The van der Waals surface area contributed by atoms with Crippen LogP contribution in [0.2, 0.25) is 0 Å². The molecule has 0 unspecified atom stereocenters. The maximum atomic E-state index is 14.3. The Morgan fingerprint density at radius 1 is 1.06 bits per heavy atom. The van der Waals surface area contributed by atoms with Crippen molar-refractivity contribution in [2.45, 2.75) is 51.6 Å². The van der Waals surface area contributed by atoms with E-state index in [0.29, 0.717) is 22.9 Å². The van der Waals surface area contributed by atoms with Gasteiger partial charge in [0.2, 0.25) is 0 Å².